The number of nitrogens with one attached hydrogen (secondary N) is 2. The zero-order chi connectivity index (χ0) is 22.3. The minimum atomic E-state index is -0.272. The Morgan fingerprint density at radius 2 is 1.84 bits per heavy atom. The summed E-state index contributed by atoms with van der Waals surface area (Å²) in [6.45, 7) is 9.11. The molecular formula is C23H30N6O2. The number of amides is 2. The van der Waals surface area contributed by atoms with Crippen molar-refractivity contribution in [1.29, 1.82) is 0 Å². The average molecular weight is 423 g/mol. The van der Waals surface area contributed by atoms with Gasteiger partial charge in [0.1, 0.15) is 11.7 Å². The highest BCUT2D eigenvalue weighted by Gasteiger charge is 2.37. The summed E-state index contributed by atoms with van der Waals surface area (Å²) in [6.07, 6.45) is 0. The number of aryl methyl sites for hydroxylation is 1. The lowest BCUT2D eigenvalue weighted by molar-refractivity contribution is -0.136. The third-order valence-electron chi connectivity index (χ3n) is 6.17. The molecule has 0 bridgehead atoms. The van der Waals surface area contributed by atoms with Crippen LogP contribution in [0.3, 0.4) is 0 Å². The fourth-order valence-electron chi connectivity index (χ4n) is 4.37. The van der Waals surface area contributed by atoms with Crippen LogP contribution >= 0.6 is 0 Å². The van der Waals surface area contributed by atoms with Gasteiger partial charge in [0.25, 0.3) is 0 Å². The van der Waals surface area contributed by atoms with Gasteiger partial charge in [-0.3, -0.25) is 9.59 Å². The van der Waals surface area contributed by atoms with Crippen LogP contribution in [0.15, 0.2) is 30.3 Å². The van der Waals surface area contributed by atoms with Gasteiger partial charge < -0.3 is 20.4 Å². The van der Waals surface area contributed by atoms with Crippen LogP contribution in [0.25, 0.3) is 0 Å². The van der Waals surface area contributed by atoms with Crippen molar-refractivity contribution in [2.45, 2.75) is 45.7 Å². The van der Waals surface area contributed by atoms with E-state index in [9.17, 15) is 9.59 Å². The maximum atomic E-state index is 12.8. The molecule has 2 aliphatic heterocycles. The SMILES string of the molecule is Cc1nc(NC2CN(C(=O)C(C)c3ccccc3)C2)nc2c1NC(=O)C(C(C)C)N2C. The first-order chi connectivity index (χ1) is 14.8. The van der Waals surface area contributed by atoms with E-state index in [2.05, 4.69) is 20.6 Å². The lowest BCUT2D eigenvalue weighted by Gasteiger charge is -2.41. The van der Waals surface area contributed by atoms with Gasteiger partial charge in [-0.15, -0.1) is 0 Å². The maximum Gasteiger partial charge on any atom is 0.247 e. The molecule has 1 fully saturated rings. The highest BCUT2D eigenvalue weighted by molar-refractivity contribution is 6.03. The molecule has 4 rings (SSSR count). The van der Waals surface area contributed by atoms with Crippen LogP contribution in [-0.4, -0.2) is 58.9 Å². The smallest absolute Gasteiger partial charge is 0.247 e. The van der Waals surface area contributed by atoms with Crippen molar-refractivity contribution in [2.24, 2.45) is 5.92 Å². The Balaban J connectivity index is 1.42. The number of aromatic nitrogens is 2. The van der Waals surface area contributed by atoms with Gasteiger partial charge in [0.15, 0.2) is 5.82 Å². The van der Waals surface area contributed by atoms with E-state index in [0.29, 0.717) is 24.7 Å². The summed E-state index contributed by atoms with van der Waals surface area (Å²) in [5.41, 5.74) is 2.42. The van der Waals surface area contributed by atoms with E-state index in [-0.39, 0.29) is 35.7 Å². The summed E-state index contributed by atoms with van der Waals surface area (Å²) in [7, 11) is 1.90. The third kappa shape index (κ3) is 3.94. The molecule has 1 aromatic heterocycles. The molecule has 1 saturated heterocycles. The van der Waals surface area contributed by atoms with E-state index < -0.39 is 0 Å². The fraction of sp³-hybridized carbons (Fsp3) is 0.478. The van der Waals surface area contributed by atoms with E-state index in [1.165, 1.54) is 0 Å². The van der Waals surface area contributed by atoms with Gasteiger partial charge in [0.2, 0.25) is 17.8 Å². The van der Waals surface area contributed by atoms with Crippen molar-refractivity contribution in [3.8, 4) is 0 Å². The molecule has 164 valence electrons. The Kier molecular flexibility index (Phi) is 5.56. The molecular weight excluding hydrogens is 392 g/mol. The summed E-state index contributed by atoms with van der Waals surface area (Å²) >= 11 is 0. The van der Waals surface area contributed by atoms with Crippen LogP contribution < -0.4 is 15.5 Å². The number of rotatable bonds is 5. The van der Waals surface area contributed by atoms with E-state index >= 15 is 0 Å². The van der Waals surface area contributed by atoms with Gasteiger partial charge in [-0.2, -0.15) is 4.98 Å². The van der Waals surface area contributed by atoms with Crippen molar-refractivity contribution >= 4 is 29.3 Å². The number of anilines is 3. The Morgan fingerprint density at radius 3 is 2.48 bits per heavy atom. The Morgan fingerprint density at radius 1 is 1.16 bits per heavy atom. The van der Waals surface area contributed by atoms with E-state index in [4.69, 9.17) is 0 Å². The maximum absolute atomic E-state index is 12.8. The minimum absolute atomic E-state index is 0.0295. The number of likely N-dealkylation sites (N-methyl/N-ethyl adjacent to an activating group) is 1. The quantitative estimate of drug-likeness (QED) is 0.770. The standard InChI is InChI=1S/C23H30N6O2/c1-13(2)19-21(30)26-18-15(4)24-23(27-20(18)28(19)5)25-17-11-29(12-17)22(31)14(3)16-9-7-6-8-10-16/h6-10,13-14,17,19H,11-12H2,1-5H3,(H,26,30)(H,24,25,27). The topological polar surface area (TPSA) is 90.5 Å². The van der Waals surface area contributed by atoms with Crippen molar-refractivity contribution in [1.82, 2.24) is 14.9 Å². The van der Waals surface area contributed by atoms with Crippen LogP contribution in [0.2, 0.25) is 0 Å². The Bertz CT molecular complexity index is 987. The number of hydrogen-bond donors (Lipinski definition) is 2. The first-order valence-corrected chi connectivity index (χ1v) is 10.8. The average Bonchev–Trinajstić information content (AvgIpc) is 2.70. The summed E-state index contributed by atoms with van der Waals surface area (Å²) in [4.78, 5) is 38.2. The number of carbonyl (C=O) groups is 2. The molecule has 0 radical (unpaired) electrons. The lowest BCUT2D eigenvalue weighted by atomic mass is 9.97. The van der Waals surface area contributed by atoms with Crippen LogP contribution in [0.1, 0.15) is 37.9 Å². The second-order valence-corrected chi connectivity index (χ2v) is 8.84. The molecule has 31 heavy (non-hydrogen) atoms. The normalized spacial score (nSPS) is 19.5. The van der Waals surface area contributed by atoms with Gasteiger partial charge in [0.05, 0.1) is 17.7 Å². The van der Waals surface area contributed by atoms with Crippen LogP contribution in [0.4, 0.5) is 17.5 Å². The summed E-state index contributed by atoms with van der Waals surface area (Å²) in [5, 5.41) is 6.32. The van der Waals surface area contributed by atoms with Gasteiger partial charge >= 0.3 is 0 Å². The molecule has 2 aromatic rings. The first-order valence-electron chi connectivity index (χ1n) is 10.8. The molecule has 0 aliphatic carbocycles. The molecule has 0 spiro atoms. The number of benzene rings is 1. The molecule has 2 N–H and O–H groups in total. The summed E-state index contributed by atoms with van der Waals surface area (Å²) in [5.74, 6) is 1.34. The molecule has 2 amide bonds. The number of nitrogens with zero attached hydrogens (tertiary/aromatic N) is 4. The largest absolute Gasteiger partial charge is 0.348 e. The zero-order valence-electron chi connectivity index (χ0n) is 18.7. The lowest BCUT2D eigenvalue weighted by Crippen LogP contribution is -2.58. The van der Waals surface area contributed by atoms with Crippen molar-refractivity contribution < 1.29 is 9.59 Å². The second-order valence-electron chi connectivity index (χ2n) is 8.84. The molecule has 2 aliphatic rings. The van der Waals surface area contributed by atoms with E-state index in [1.54, 1.807) is 0 Å². The third-order valence-corrected chi connectivity index (χ3v) is 6.17. The summed E-state index contributed by atoms with van der Waals surface area (Å²) in [6, 6.07) is 9.68. The Hall–Kier alpha value is -3.16. The first kappa shape index (κ1) is 21.1. The van der Waals surface area contributed by atoms with Gasteiger partial charge in [-0.05, 0) is 25.3 Å². The Labute approximate surface area is 183 Å². The molecule has 2 atom stereocenters. The van der Waals surface area contributed by atoms with Crippen LogP contribution in [0.5, 0.6) is 0 Å². The zero-order valence-corrected chi connectivity index (χ0v) is 18.7. The van der Waals surface area contributed by atoms with Crippen molar-refractivity contribution in [3.05, 3.63) is 41.6 Å². The molecule has 2 unspecified atom stereocenters. The highest BCUT2D eigenvalue weighted by atomic mass is 16.2. The van der Waals surface area contributed by atoms with Crippen LogP contribution in [0, 0.1) is 12.8 Å². The molecule has 8 nitrogen and oxygen atoms in total. The summed E-state index contributed by atoms with van der Waals surface area (Å²) < 4.78 is 0. The fourth-order valence-corrected chi connectivity index (χ4v) is 4.37. The monoisotopic (exact) mass is 422 g/mol. The molecule has 1 aromatic carbocycles. The molecule has 0 saturated carbocycles. The van der Waals surface area contributed by atoms with Gasteiger partial charge in [-0.1, -0.05) is 44.2 Å². The predicted octanol–water partition coefficient (Wildman–Crippen LogP) is 2.62. The van der Waals surface area contributed by atoms with Gasteiger partial charge in [0, 0.05) is 20.1 Å². The van der Waals surface area contributed by atoms with Crippen molar-refractivity contribution in [2.75, 3.05) is 35.7 Å². The molecule has 8 heteroatoms. The van der Waals surface area contributed by atoms with E-state index in [0.717, 1.165) is 17.1 Å². The van der Waals surface area contributed by atoms with Crippen molar-refractivity contribution in [3.63, 3.8) is 0 Å². The number of carbonyl (C=O) groups excluding carboxylic acids is 2. The second kappa shape index (κ2) is 8.17. The van der Waals surface area contributed by atoms with Gasteiger partial charge in [-0.25, -0.2) is 4.98 Å². The van der Waals surface area contributed by atoms with Crippen LogP contribution in [-0.2, 0) is 9.59 Å². The van der Waals surface area contributed by atoms with E-state index in [1.807, 2.05) is 74.9 Å². The highest BCUT2D eigenvalue weighted by Crippen LogP contribution is 2.34. The number of fused-ring (bicyclic) bond motifs is 1. The number of hydrogen-bond acceptors (Lipinski definition) is 6. The molecule has 3 heterocycles. The minimum Gasteiger partial charge on any atom is -0.348 e. The predicted molar refractivity (Wildman–Crippen MR) is 121 cm³/mol. The number of likely N-dealkylation sites (tertiary alicyclic amines) is 1.